The van der Waals surface area contributed by atoms with E-state index in [1.54, 1.807) is 4.90 Å². The van der Waals surface area contributed by atoms with Gasteiger partial charge in [-0.25, -0.2) is 0 Å². The fourth-order valence-corrected chi connectivity index (χ4v) is 2.52. The second-order valence-corrected chi connectivity index (χ2v) is 5.25. The molecule has 2 nitrogen and oxygen atoms in total. The van der Waals surface area contributed by atoms with E-state index >= 15 is 0 Å². The second kappa shape index (κ2) is 6.06. The summed E-state index contributed by atoms with van der Waals surface area (Å²) in [7, 11) is 0. The molecule has 1 heterocycles. The van der Waals surface area contributed by atoms with Gasteiger partial charge in [0, 0.05) is 12.8 Å². The average Bonchev–Trinajstić information content (AvgIpc) is 2.82. The zero-order chi connectivity index (χ0) is 12.1. The number of para-hydroxylation sites is 1. The standard InChI is InChI=1S/C15H23NO/c1-13(2)14-7-3-4-8-15(14)17-12-11-16-9-5-6-10-16/h3-4,7-8,13H,5-6,9-12H2,1-2H3/p+1. The maximum absolute atomic E-state index is 5.94. The van der Waals surface area contributed by atoms with Crippen LogP contribution in [0.4, 0.5) is 0 Å². The lowest BCUT2D eigenvalue weighted by molar-refractivity contribution is -0.887. The van der Waals surface area contributed by atoms with Crippen LogP contribution < -0.4 is 9.64 Å². The zero-order valence-corrected chi connectivity index (χ0v) is 11.0. The molecule has 1 aliphatic rings. The number of rotatable bonds is 5. The first-order chi connectivity index (χ1) is 8.27. The summed E-state index contributed by atoms with van der Waals surface area (Å²) in [5, 5.41) is 0. The first-order valence-corrected chi connectivity index (χ1v) is 6.82. The van der Waals surface area contributed by atoms with Crippen LogP contribution >= 0.6 is 0 Å². The molecule has 0 radical (unpaired) electrons. The van der Waals surface area contributed by atoms with Crippen LogP contribution in [0.25, 0.3) is 0 Å². The summed E-state index contributed by atoms with van der Waals surface area (Å²) in [5.74, 6) is 1.60. The summed E-state index contributed by atoms with van der Waals surface area (Å²) in [6.45, 7) is 9.08. The minimum atomic E-state index is 0.533. The van der Waals surface area contributed by atoms with E-state index in [0.29, 0.717) is 5.92 Å². The molecule has 1 fully saturated rings. The minimum Gasteiger partial charge on any atom is -0.487 e. The van der Waals surface area contributed by atoms with Gasteiger partial charge >= 0.3 is 0 Å². The monoisotopic (exact) mass is 234 g/mol. The van der Waals surface area contributed by atoms with Crippen molar-refractivity contribution < 1.29 is 9.64 Å². The van der Waals surface area contributed by atoms with Crippen molar-refractivity contribution in [3.05, 3.63) is 29.8 Å². The molecule has 0 saturated carbocycles. The number of ether oxygens (including phenoxy) is 1. The molecule has 1 N–H and O–H groups in total. The predicted octanol–water partition coefficient (Wildman–Crippen LogP) is 1.87. The molecule has 2 rings (SSSR count). The first-order valence-electron chi connectivity index (χ1n) is 6.82. The van der Waals surface area contributed by atoms with Gasteiger partial charge in [0.05, 0.1) is 13.1 Å². The Balaban J connectivity index is 1.85. The highest BCUT2D eigenvalue weighted by atomic mass is 16.5. The third-order valence-corrected chi connectivity index (χ3v) is 3.56. The van der Waals surface area contributed by atoms with Crippen LogP contribution in [0.1, 0.15) is 38.2 Å². The zero-order valence-electron chi connectivity index (χ0n) is 11.0. The fourth-order valence-electron chi connectivity index (χ4n) is 2.52. The van der Waals surface area contributed by atoms with Gasteiger partial charge in [0.1, 0.15) is 18.9 Å². The number of likely N-dealkylation sites (tertiary alicyclic amines) is 1. The van der Waals surface area contributed by atoms with Gasteiger partial charge in [-0.1, -0.05) is 32.0 Å². The Kier molecular flexibility index (Phi) is 4.43. The largest absolute Gasteiger partial charge is 0.487 e. The molecule has 17 heavy (non-hydrogen) atoms. The minimum absolute atomic E-state index is 0.533. The maximum atomic E-state index is 5.94. The van der Waals surface area contributed by atoms with E-state index in [-0.39, 0.29) is 0 Å². The summed E-state index contributed by atoms with van der Waals surface area (Å²) < 4.78 is 5.94. The topological polar surface area (TPSA) is 13.7 Å². The Labute approximate surface area is 105 Å². The number of quaternary nitrogens is 1. The van der Waals surface area contributed by atoms with E-state index in [0.717, 1.165) is 18.9 Å². The number of hydrogen-bond acceptors (Lipinski definition) is 1. The van der Waals surface area contributed by atoms with Crippen molar-refractivity contribution in [3.63, 3.8) is 0 Å². The van der Waals surface area contributed by atoms with Gasteiger partial charge in [0.2, 0.25) is 0 Å². The van der Waals surface area contributed by atoms with Crippen molar-refractivity contribution in [3.8, 4) is 5.75 Å². The van der Waals surface area contributed by atoms with Crippen LogP contribution in [0.3, 0.4) is 0 Å². The molecule has 0 aromatic heterocycles. The van der Waals surface area contributed by atoms with Crippen molar-refractivity contribution in [1.82, 2.24) is 0 Å². The van der Waals surface area contributed by atoms with Gasteiger partial charge in [-0.15, -0.1) is 0 Å². The summed E-state index contributed by atoms with van der Waals surface area (Å²) in [6, 6.07) is 8.41. The first kappa shape index (κ1) is 12.4. The quantitative estimate of drug-likeness (QED) is 0.821. The van der Waals surface area contributed by atoms with E-state index in [9.17, 15) is 0 Å². The molecule has 2 heteroatoms. The summed E-state index contributed by atoms with van der Waals surface area (Å²) in [6.07, 6.45) is 2.77. The van der Waals surface area contributed by atoms with Crippen molar-refractivity contribution in [2.24, 2.45) is 0 Å². The second-order valence-electron chi connectivity index (χ2n) is 5.25. The normalized spacial score (nSPS) is 16.6. The van der Waals surface area contributed by atoms with Gasteiger partial charge in [0.15, 0.2) is 0 Å². The molecule has 1 aliphatic heterocycles. The Hall–Kier alpha value is -1.02. The van der Waals surface area contributed by atoms with Gasteiger partial charge in [-0.2, -0.15) is 0 Å². The van der Waals surface area contributed by atoms with Crippen LogP contribution in [0.5, 0.6) is 5.75 Å². The molecule has 0 spiro atoms. The smallest absolute Gasteiger partial charge is 0.137 e. The Morgan fingerprint density at radius 1 is 1.18 bits per heavy atom. The lowest BCUT2D eigenvalue weighted by Gasteiger charge is -2.16. The van der Waals surface area contributed by atoms with Crippen molar-refractivity contribution in [1.29, 1.82) is 0 Å². The van der Waals surface area contributed by atoms with E-state index in [1.165, 1.54) is 31.5 Å². The lowest BCUT2D eigenvalue weighted by Crippen LogP contribution is -3.10. The molecule has 0 aliphatic carbocycles. The summed E-state index contributed by atoms with van der Waals surface area (Å²) in [4.78, 5) is 1.70. The highest BCUT2D eigenvalue weighted by Gasteiger charge is 2.15. The molecule has 1 aromatic carbocycles. The van der Waals surface area contributed by atoms with Gasteiger partial charge in [-0.05, 0) is 17.5 Å². The van der Waals surface area contributed by atoms with Crippen LogP contribution in [0.2, 0.25) is 0 Å². The Bertz CT molecular complexity index is 343. The molecule has 0 atom stereocenters. The molecule has 1 saturated heterocycles. The van der Waals surface area contributed by atoms with Crippen LogP contribution in [-0.2, 0) is 0 Å². The molecule has 0 bridgehead atoms. The van der Waals surface area contributed by atoms with Crippen molar-refractivity contribution in [2.45, 2.75) is 32.6 Å². The third kappa shape index (κ3) is 3.47. The fraction of sp³-hybridized carbons (Fsp3) is 0.600. The van der Waals surface area contributed by atoms with Crippen molar-refractivity contribution >= 4 is 0 Å². The highest BCUT2D eigenvalue weighted by molar-refractivity contribution is 5.35. The molecular formula is C15H24NO+. The number of hydrogen-bond donors (Lipinski definition) is 1. The SMILES string of the molecule is CC(C)c1ccccc1OCC[NH+]1CCCC1. The lowest BCUT2D eigenvalue weighted by atomic mass is 10.0. The molecule has 0 unspecified atom stereocenters. The maximum Gasteiger partial charge on any atom is 0.137 e. The summed E-state index contributed by atoms with van der Waals surface area (Å²) in [5.41, 5.74) is 1.32. The van der Waals surface area contributed by atoms with Crippen molar-refractivity contribution in [2.75, 3.05) is 26.2 Å². The third-order valence-electron chi connectivity index (χ3n) is 3.56. The van der Waals surface area contributed by atoms with Crippen LogP contribution in [-0.4, -0.2) is 26.2 Å². The number of benzene rings is 1. The highest BCUT2D eigenvalue weighted by Crippen LogP contribution is 2.25. The van der Waals surface area contributed by atoms with E-state index < -0.39 is 0 Å². The van der Waals surface area contributed by atoms with E-state index in [1.807, 2.05) is 0 Å². The Morgan fingerprint density at radius 3 is 2.59 bits per heavy atom. The van der Waals surface area contributed by atoms with Gasteiger partial charge < -0.3 is 9.64 Å². The molecule has 94 valence electrons. The van der Waals surface area contributed by atoms with E-state index in [4.69, 9.17) is 4.74 Å². The summed E-state index contributed by atoms with van der Waals surface area (Å²) >= 11 is 0. The van der Waals surface area contributed by atoms with Gasteiger partial charge in [0.25, 0.3) is 0 Å². The predicted molar refractivity (Wildman–Crippen MR) is 70.8 cm³/mol. The van der Waals surface area contributed by atoms with Gasteiger partial charge in [-0.3, -0.25) is 0 Å². The average molecular weight is 234 g/mol. The molecular weight excluding hydrogens is 210 g/mol. The van der Waals surface area contributed by atoms with Crippen LogP contribution in [0.15, 0.2) is 24.3 Å². The molecule has 1 aromatic rings. The van der Waals surface area contributed by atoms with Crippen LogP contribution in [0, 0.1) is 0 Å². The molecule has 0 amide bonds. The van der Waals surface area contributed by atoms with E-state index in [2.05, 4.69) is 38.1 Å². The number of nitrogens with one attached hydrogen (secondary N) is 1. The Morgan fingerprint density at radius 2 is 1.88 bits per heavy atom.